The Morgan fingerprint density at radius 1 is 1.31 bits per heavy atom. The number of H-pyrrole nitrogens is 1. The molecular formula is C17H27N5O4. The maximum absolute atomic E-state index is 12.8. The molecule has 9 heteroatoms. The van der Waals surface area contributed by atoms with Crippen molar-refractivity contribution >= 4 is 17.8 Å². The van der Waals surface area contributed by atoms with E-state index in [0.717, 1.165) is 12.8 Å². The minimum absolute atomic E-state index is 0.184. The van der Waals surface area contributed by atoms with Crippen LogP contribution in [0.5, 0.6) is 0 Å². The first-order chi connectivity index (χ1) is 12.5. The molecule has 0 spiro atoms. The van der Waals surface area contributed by atoms with Crippen molar-refractivity contribution in [2.75, 3.05) is 19.6 Å². The molecule has 0 radical (unpaired) electrons. The zero-order valence-electron chi connectivity index (χ0n) is 14.8. The predicted molar refractivity (Wildman–Crippen MR) is 94.1 cm³/mol. The van der Waals surface area contributed by atoms with E-state index in [1.54, 1.807) is 11.1 Å². The van der Waals surface area contributed by atoms with Gasteiger partial charge in [0, 0.05) is 31.4 Å². The van der Waals surface area contributed by atoms with E-state index in [2.05, 4.69) is 15.3 Å². The van der Waals surface area contributed by atoms with Crippen LogP contribution < -0.4 is 11.1 Å². The molecule has 1 aromatic rings. The van der Waals surface area contributed by atoms with E-state index < -0.39 is 23.8 Å². The summed E-state index contributed by atoms with van der Waals surface area (Å²) in [5.41, 5.74) is 6.13. The normalized spacial score (nSPS) is 16.3. The molecule has 1 aliphatic rings. The number of nitrogens with two attached hydrogens (primary N) is 1. The van der Waals surface area contributed by atoms with Crippen LogP contribution in [0.15, 0.2) is 12.5 Å². The van der Waals surface area contributed by atoms with Gasteiger partial charge in [-0.2, -0.15) is 0 Å². The number of imidazole rings is 1. The van der Waals surface area contributed by atoms with Crippen LogP contribution in [0.4, 0.5) is 0 Å². The first-order valence-electron chi connectivity index (χ1n) is 9.02. The van der Waals surface area contributed by atoms with Crippen molar-refractivity contribution < 1.29 is 19.5 Å². The first-order valence-corrected chi connectivity index (χ1v) is 9.02. The lowest BCUT2D eigenvalue weighted by atomic mass is 10.00. The minimum Gasteiger partial charge on any atom is -0.481 e. The molecule has 144 valence electrons. The van der Waals surface area contributed by atoms with Crippen LogP contribution in [-0.2, 0) is 20.8 Å². The number of likely N-dealkylation sites (tertiary alicyclic amines) is 1. The molecule has 2 amide bonds. The Morgan fingerprint density at radius 2 is 2.04 bits per heavy atom. The Balaban J connectivity index is 2.06. The minimum atomic E-state index is -1.19. The summed E-state index contributed by atoms with van der Waals surface area (Å²) in [6.07, 6.45) is 6.62. The van der Waals surface area contributed by atoms with Crippen molar-refractivity contribution in [3.05, 3.63) is 18.2 Å². The number of nitrogens with one attached hydrogen (secondary N) is 2. The van der Waals surface area contributed by atoms with Crippen LogP contribution in [0.1, 0.15) is 37.8 Å². The Morgan fingerprint density at radius 3 is 2.62 bits per heavy atom. The zero-order chi connectivity index (χ0) is 18.9. The topological polar surface area (TPSA) is 141 Å². The number of hydrogen-bond acceptors (Lipinski definition) is 5. The van der Waals surface area contributed by atoms with Crippen molar-refractivity contribution in [3.8, 4) is 0 Å². The Kier molecular flexibility index (Phi) is 7.58. The average molecular weight is 365 g/mol. The van der Waals surface area contributed by atoms with E-state index in [1.165, 1.54) is 6.33 Å². The molecular weight excluding hydrogens is 338 g/mol. The molecule has 0 aromatic carbocycles. The third-order valence-corrected chi connectivity index (χ3v) is 4.57. The number of aromatic nitrogens is 2. The molecule has 1 fully saturated rings. The van der Waals surface area contributed by atoms with Crippen molar-refractivity contribution in [2.24, 2.45) is 11.7 Å². The number of aliphatic carboxylic acids is 1. The van der Waals surface area contributed by atoms with Crippen molar-refractivity contribution in [2.45, 2.75) is 44.6 Å². The lowest BCUT2D eigenvalue weighted by Gasteiger charge is -2.25. The lowest BCUT2D eigenvalue weighted by molar-refractivity contribution is -0.148. The smallest absolute Gasteiger partial charge is 0.316 e. The number of carboxylic acids is 1. The zero-order valence-corrected chi connectivity index (χ0v) is 14.8. The number of carboxylic acid groups (broad SMARTS) is 1. The van der Waals surface area contributed by atoms with Crippen LogP contribution in [0, 0.1) is 5.92 Å². The van der Waals surface area contributed by atoms with Crippen LogP contribution in [0.3, 0.4) is 0 Å². The fraction of sp³-hybridized carbons (Fsp3) is 0.647. The summed E-state index contributed by atoms with van der Waals surface area (Å²) >= 11 is 0. The number of amides is 2. The van der Waals surface area contributed by atoms with Gasteiger partial charge in [-0.05, 0) is 32.2 Å². The molecule has 1 aromatic heterocycles. The fourth-order valence-corrected chi connectivity index (χ4v) is 3.11. The number of unbranched alkanes of at least 4 members (excludes halogenated alkanes) is 1. The van der Waals surface area contributed by atoms with Gasteiger partial charge in [-0.25, -0.2) is 4.98 Å². The number of hydrogen-bond donors (Lipinski definition) is 4. The predicted octanol–water partition coefficient (Wildman–Crippen LogP) is -0.111. The number of rotatable bonds is 10. The van der Waals surface area contributed by atoms with Gasteiger partial charge in [-0.3, -0.25) is 14.4 Å². The van der Waals surface area contributed by atoms with Gasteiger partial charge in [0.2, 0.25) is 11.8 Å². The molecule has 0 aliphatic carbocycles. The molecule has 26 heavy (non-hydrogen) atoms. The van der Waals surface area contributed by atoms with Crippen LogP contribution >= 0.6 is 0 Å². The molecule has 0 bridgehead atoms. The molecule has 1 saturated heterocycles. The standard InChI is InChI=1S/C17H27N5O4/c18-6-2-1-5-13(17(25)26)15(23)21-14(9-12-10-19-11-20-12)16(24)22-7-3-4-8-22/h10-11,13-14H,1-9,18H2,(H,19,20)(H,21,23)(H,25,26)/t13?,14-/m1/s1. The van der Waals surface area contributed by atoms with Gasteiger partial charge in [0.15, 0.2) is 0 Å². The quantitative estimate of drug-likeness (QED) is 0.337. The third-order valence-electron chi connectivity index (χ3n) is 4.57. The monoisotopic (exact) mass is 365 g/mol. The SMILES string of the molecule is NCCCCC(C(=O)O)C(=O)N[C@H](Cc1cnc[nH]1)C(=O)N1CCCC1. The van der Waals surface area contributed by atoms with Gasteiger partial charge in [0.05, 0.1) is 6.33 Å². The number of carbonyl (C=O) groups is 3. The summed E-state index contributed by atoms with van der Waals surface area (Å²) in [4.78, 5) is 45.3. The van der Waals surface area contributed by atoms with Crippen LogP contribution in [0.2, 0.25) is 0 Å². The highest BCUT2D eigenvalue weighted by Gasteiger charge is 2.32. The van der Waals surface area contributed by atoms with Gasteiger partial charge in [-0.15, -0.1) is 0 Å². The van der Waals surface area contributed by atoms with Crippen molar-refractivity contribution in [3.63, 3.8) is 0 Å². The van der Waals surface area contributed by atoms with Gasteiger partial charge in [-0.1, -0.05) is 6.42 Å². The van der Waals surface area contributed by atoms with E-state index in [4.69, 9.17) is 5.73 Å². The summed E-state index contributed by atoms with van der Waals surface area (Å²) in [7, 11) is 0. The molecule has 0 saturated carbocycles. The molecule has 9 nitrogen and oxygen atoms in total. The highest BCUT2D eigenvalue weighted by atomic mass is 16.4. The second-order valence-electron chi connectivity index (χ2n) is 6.55. The van der Waals surface area contributed by atoms with E-state index in [-0.39, 0.29) is 18.7 Å². The van der Waals surface area contributed by atoms with Gasteiger partial charge < -0.3 is 26.0 Å². The lowest BCUT2D eigenvalue weighted by Crippen LogP contribution is -2.51. The second kappa shape index (κ2) is 9.91. The number of aromatic amines is 1. The molecule has 2 rings (SSSR count). The molecule has 2 atom stereocenters. The van der Waals surface area contributed by atoms with Crippen molar-refractivity contribution in [1.82, 2.24) is 20.2 Å². The average Bonchev–Trinajstić information content (AvgIpc) is 3.30. The van der Waals surface area contributed by atoms with Gasteiger partial charge >= 0.3 is 5.97 Å². The fourth-order valence-electron chi connectivity index (χ4n) is 3.11. The van der Waals surface area contributed by atoms with E-state index in [1.807, 2.05) is 0 Å². The first kappa shape index (κ1) is 19.9. The highest BCUT2D eigenvalue weighted by molar-refractivity contribution is 5.99. The van der Waals surface area contributed by atoms with E-state index in [0.29, 0.717) is 38.2 Å². The number of carbonyl (C=O) groups excluding carboxylic acids is 2. The van der Waals surface area contributed by atoms with E-state index in [9.17, 15) is 19.5 Å². The molecule has 2 heterocycles. The summed E-state index contributed by atoms with van der Waals surface area (Å²) in [6.45, 7) is 1.77. The summed E-state index contributed by atoms with van der Waals surface area (Å²) in [6, 6.07) is -0.808. The summed E-state index contributed by atoms with van der Waals surface area (Å²) in [5.74, 6) is -3.19. The van der Waals surface area contributed by atoms with Crippen LogP contribution in [0.25, 0.3) is 0 Å². The van der Waals surface area contributed by atoms with Gasteiger partial charge in [0.25, 0.3) is 0 Å². The van der Waals surface area contributed by atoms with Crippen LogP contribution in [-0.4, -0.2) is 63.4 Å². The Hall–Kier alpha value is -2.42. The Bertz CT molecular complexity index is 598. The van der Waals surface area contributed by atoms with Crippen molar-refractivity contribution in [1.29, 1.82) is 0 Å². The summed E-state index contributed by atoms with van der Waals surface area (Å²) in [5, 5.41) is 12.0. The highest BCUT2D eigenvalue weighted by Crippen LogP contribution is 2.14. The molecule has 5 N–H and O–H groups in total. The summed E-state index contributed by atoms with van der Waals surface area (Å²) < 4.78 is 0. The third kappa shape index (κ3) is 5.55. The largest absolute Gasteiger partial charge is 0.481 e. The molecule has 1 aliphatic heterocycles. The second-order valence-corrected chi connectivity index (χ2v) is 6.55. The Labute approximate surface area is 152 Å². The van der Waals surface area contributed by atoms with Gasteiger partial charge in [0.1, 0.15) is 12.0 Å². The molecule has 1 unspecified atom stereocenters. The van der Waals surface area contributed by atoms with E-state index >= 15 is 0 Å². The number of nitrogens with zero attached hydrogens (tertiary/aromatic N) is 2. The maximum Gasteiger partial charge on any atom is 0.316 e. The maximum atomic E-state index is 12.8.